The van der Waals surface area contributed by atoms with Crippen LogP contribution in [0.3, 0.4) is 0 Å². The Morgan fingerprint density at radius 2 is 2.09 bits per heavy atom. The number of nitrogens with one attached hydrogen (secondary N) is 1. The number of pyridine rings is 1. The summed E-state index contributed by atoms with van der Waals surface area (Å²) in [5.74, 6) is 0.652. The molecule has 0 unspecified atom stereocenters. The van der Waals surface area contributed by atoms with Gasteiger partial charge in [0.1, 0.15) is 12.4 Å². The maximum atomic E-state index is 12.0. The SMILES string of the molecule is CN(CCOc1ccc(Br)cc1)CC(=O)Nc1cccnc1Cl. The number of carbonyl (C=O) groups excluding carboxylic acids is 1. The second-order valence-corrected chi connectivity index (χ2v) is 6.20. The summed E-state index contributed by atoms with van der Waals surface area (Å²) in [6.45, 7) is 1.37. The molecule has 5 nitrogen and oxygen atoms in total. The molecule has 0 aliphatic rings. The highest BCUT2D eigenvalue weighted by Gasteiger charge is 2.09. The topological polar surface area (TPSA) is 54.5 Å². The highest BCUT2D eigenvalue weighted by atomic mass is 79.9. The number of carbonyl (C=O) groups is 1. The van der Waals surface area contributed by atoms with Crippen LogP contribution in [0.25, 0.3) is 0 Å². The Labute approximate surface area is 148 Å². The van der Waals surface area contributed by atoms with Crippen molar-refractivity contribution in [3.63, 3.8) is 0 Å². The first-order chi connectivity index (χ1) is 11.0. The summed E-state index contributed by atoms with van der Waals surface area (Å²) in [5, 5.41) is 3.01. The van der Waals surface area contributed by atoms with Gasteiger partial charge in [0.05, 0.1) is 12.2 Å². The van der Waals surface area contributed by atoms with Gasteiger partial charge in [-0.25, -0.2) is 4.98 Å². The highest BCUT2D eigenvalue weighted by molar-refractivity contribution is 9.10. The van der Waals surface area contributed by atoms with Crippen LogP contribution in [-0.2, 0) is 4.79 Å². The first-order valence-electron chi connectivity index (χ1n) is 7.02. The molecule has 1 aromatic carbocycles. The molecule has 0 spiro atoms. The van der Waals surface area contributed by atoms with Crippen LogP contribution >= 0.6 is 27.5 Å². The normalized spacial score (nSPS) is 10.6. The van der Waals surface area contributed by atoms with Gasteiger partial charge in [-0.15, -0.1) is 0 Å². The van der Waals surface area contributed by atoms with E-state index >= 15 is 0 Å². The van der Waals surface area contributed by atoms with Gasteiger partial charge >= 0.3 is 0 Å². The monoisotopic (exact) mass is 397 g/mol. The summed E-state index contributed by atoms with van der Waals surface area (Å²) in [6, 6.07) is 11.1. The molecule has 2 aromatic rings. The minimum Gasteiger partial charge on any atom is -0.492 e. The van der Waals surface area contributed by atoms with Gasteiger partial charge in [0.15, 0.2) is 5.15 Å². The number of rotatable bonds is 7. The van der Waals surface area contributed by atoms with Crippen molar-refractivity contribution in [2.45, 2.75) is 0 Å². The van der Waals surface area contributed by atoms with E-state index in [0.717, 1.165) is 10.2 Å². The zero-order chi connectivity index (χ0) is 16.7. The number of hydrogen-bond acceptors (Lipinski definition) is 4. The summed E-state index contributed by atoms with van der Waals surface area (Å²) < 4.78 is 6.63. The molecule has 0 atom stereocenters. The predicted molar refractivity (Wildman–Crippen MR) is 95.0 cm³/mol. The second kappa shape index (κ2) is 8.86. The smallest absolute Gasteiger partial charge is 0.238 e. The summed E-state index contributed by atoms with van der Waals surface area (Å²) in [7, 11) is 1.86. The zero-order valence-electron chi connectivity index (χ0n) is 12.6. The maximum Gasteiger partial charge on any atom is 0.238 e. The number of benzene rings is 1. The first kappa shape index (κ1) is 17.7. The van der Waals surface area contributed by atoms with Crippen molar-refractivity contribution in [1.29, 1.82) is 0 Å². The molecule has 7 heteroatoms. The van der Waals surface area contributed by atoms with Gasteiger partial charge in [0, 0.05) is 17.2 Å². The molecule has 0 radical (unpaired) electrons. The highest BCUT2D eigenvalue weighted by Crippen LogP contribution is 2.17. The Bertz CT molecular complexity index is 652. The van der Waals surface area contributed by atoms with Crippen LogP contribution < -0.4 is 10.1 Å². The number of halogens is 2. The number of anilines is 1. The van der Waals surface area contributed by atoms with Crippen LogP contribution in [0.5, 0.6) is 5.75 Å². The summed E-state index contributed by atoms with van der Waals surface area (Å²) in [6.07, 6.45) is 1.57. The lowest BCUT2D eigenvalue weighted by molar-refractivity contribution is -0.117. The molecule has 0 saturated heterocycles. The summed E-state index contributed by atoms with van der Waals surface area (Å²) in [5.41, 5.74) is 0.513. The molecule has 2 rings (SSSR count). The number of aromatic nitrogens is 1. The molecule has 1 amide bonds. The van der Waals surface area contributed by atoms with Gasteiger partial charge < -0.3 is 10.1 Å². The molecular weight excluding hydrogens is 382 g/mol. The van der Waals surface area contributed by atoms with Gasteiger partial charge in [-0.3, -0.25) is 9.69 Å². The number of ether oxygens (including phenoxy) is 1. The molecule has 23 heavy (non-hydrogen) atoms. The molecule has 0 saturated carbocycles. The number of nitrogens with zero attached hydrogens (tertiary/aromatic N) is 2. The van der Waals surface area contributed by atoms with E-state index in [-0.39, 0.29) is 17.6 Å². The minimum absolute atomic E-state index is 0.147. The van der Waals surface area contributed by atoms with E-state index in [1.807, 2.05) is 36.2 Å². The van der Waals surface area contributed by atoms with E-state index < -0.39 is 0 Å². The van der Waals surface area contributed by atoms with Crippen molar-refractivity contribution in [1.82, 2.24) is 9.88 Å². The molecule has 1 heterocycles. The average molecular weight is 399 g/mol. The van der Waals surface area contributed by atoms with Gasteiger partial charge in [0.2, 0.25) is 5.91 Å². The molecule has 122 valence electrons. The quantitative estimate of drug-likeness (QED) is 0.726. The van der Waals surface area contributed by atoms with Crippen molar-refractivity contribution >= 4 is 39.1 Å². The van der Waals surface area contributed by atoms with Crippen molar-refractivity contribution in [2.24, 2.45) is 0 Å². The van der Waals surface area contributed by atoms with Crippen molar-refractivity contribution in [3.8, 4) is 5.75 Å². The third-order valence-corrected chi connectivity index (χ3v) is 3.83. The fourth-order valence-electron chi connectivity index (χ4n) is 1.84. The van der Waals surface area contributed by atoms with Crippen LogP contribution in [0.1, 0.15) is 0 Å². The van der Waals surface area contributed by atoms with Crippen LogP contribution in [0.15, 0.2) is 47.1 Å². The predicted octanol–water partition coefficient (Wildman–Crippen LogP) is 3.45. The Morgan fingerprint density at radius 1 is 1.35 bits per heavy atom. The molecule has 1 aromatic heterocycles. The molecule has 0 bridgehead atoms. The fourth-order valence-corrected chi connectivity index (χ4v) is 2.27. The Morgan fingerprint density at radius 3 is 2.78 bits per heavy atom. The number of likely N-dealkylation sites (N-methyl/N-ethyl adjacent to an activating group) is 1. The van der Waals surface area contributed by atoms with Gasteiger partial charge in [-0.1, -0.05) is 27.5 Å². The maximum absolute atomic E-state index is 12.0. The van der Waals surface area contributed by atoms with Crippen LogP contribution in [0.2, 0.25) is 5.15 Å². The van der Waals surface area contributed by atoms with Crippen molar-refractivity contribution in [3.05, 3.63) is 52.2 Å². The number of amides is 1. The van der Waals surface area contributed by atoms with E-state index in [2.05, 4.69) is 26.2 Å². The molecule has 0 aliphatic heterocycles. The fraction of sp³-hybridized carbons (Fsp3) is 0.250. The average Bonchev–Trinajstić information content (AvgIpc) is 2.51. The van der Waals surface area contributed by atoms with E-state index in [0.29, 0.717) is 18.8 Å². The van der Waals surface area contributed by atoms with Crippen LogP contribution in [0.4, 0.5) is 5.69 Å². The van der Waals surface area contributed by atoms with E-state index in [9.17, 15) is 4.79 Å². The Balaban J connectivity index is 1.71. The standard InChI is InChI=1S/C16H17BrClN3O2/c1-21(9-10-23-13-6-4-12(17)5-7-13)11-15(22)20-14-3-2-8-19-16(14)18/h2-8H,9-11H2,1H3,(H,20,22). The number of hydrogen-bond donors (Lipinski definition) is 1. The largest absolute Gasteiger partial charge is 0.492 e. The lowest BCUT2D eigenvalue weighted by atomic mass is 10.3. The lowest BCUT2D eigenvalue weighted by Crippen LogP contribution is -2.33. The third kappa shape index (κ3) is 6.17. The van der Waals surface area contributed by atoms with Gasteiger partial charge in [0.25, 0.3) is 0 Å². The molecule has 0 fully saturated rings. The first-order valence-corrected chi connectivity index (χ1v) is 8.19. The van der Waals surface area contributed by atoms with Crippen molar-refractivity contribution < 1.29 is 9.53 Å². The second-order valence-electron chi connectivity index (χ2n) is 4.93. The van der Waals surface area contributed by atoms with E-state index in [1.165, 1.54) is 0 Å². The Kier molecular flexibility index (Phi) is 6.83. The molecule has 0 aliphatic carbocycles. The zero-order valence-corrected chi connectivity index (χ0v) is 15.0. The molecule has 1 N–H and O–H groups in total. The third-order valence-electron chi connectivity index (χ3n) is 3.00. The lowest BCUT2D eigenvalue weighted by Gasteiger charge is -2.16. The molecular formula is C16H17BrClN3O2. The summed E-state index contributed by atoms with van der Waals surface area (Å²) in [4.78, 5) is 17.7. The van der Waals surface area contributed by atoms with E-state index in [4.69, 9.17) is 16.3 Å². The van der Waals surface area contributed by atoms with Crippen LogP contribution in [0, 0.1) is 0 Å². The van der Waals surface area contributed by atoms with E-state index in [1.54, 1.807) is 18.3 Å². The van der Waals surface area contributed by atoms with Crippen LogP contribution in [-0.4, -0.2) is 42.5 Å². The van der Waals surface area contributed by atoms with Gasteiger partial charge in [-0.2, -0.15) is 0 Å². The van der Waals surface area contributed by atoms with Crippen molar-refractivity contribution in [2.75, 3.05) is 32.1 Å². The Hall–Kier alpha value is -1.63. The summed E-state index contributed by atoms with van der Waals surface area (Å²) >= 11 is 9.28. The minimum atomic E-state index is -0.147. The van der Waals surface area contributed by atoms with Gasteiger partial charge in [-0.05, 0) is 43.4 Å².